The number of nitrogens with two attached hydrogens (primary N) is 1. The quantitative estimate of drug-likeness (QED) is 0.617. The molecule has 1 rings (SSSR count). The summed E-state index contributed by atoms with van der Waals surface area (Å²) in [6, 6.07) is 6.14. The van der Waals surface area contributed by atoms with Crippen molar-refractivity contribution in [1.29, 1.82) is 0 Å². The number of nitro benzene ring substituents is 1. The minimum absolute atomic E-state index is 0.0154. The van der Waals surface area contributed by atoms with Crippen LogP contribution >= 0.6 is 0 Å². The van der Waals surface area contributed by atoms with Gasteiger partial charge in [-0.1, -0.05) is 25.5 Å². The number of amides is 1. The van der Waals surface area contributed by atoms with Crippen LogP contribution in [-0.2, 0) is 4.79 Å². The molecule has 0 saturated carbocycles. The van der Waals surface area contributed by atoms with Crippen LogP contribution in [0, 0.1) is 16.0 Å². The second-order valence-corrected chi connectivity index (χ2v) is 5.20. The molecule has 116 valence electrons. The predicted molar refractivity (Wildman–Crippen MR) is 81.7 cm³/mol. The van der Waals surface area contributed by atoms with E-state index in [-0.39, 0.29) is 23.6 Å². The van der Waals surface area contributed by atoms with Gasteiger partial charge < -0.3 is 10.6 Å². The lowest BCUT2D eigenvalue weighted by Gasteiger charge is -2.28. The Balaban J connectivity index is 2.91. The lowest BCUT2D eigenvalue weighted by Crippen LogP contribution is -2.38. The number of benzene rings is 1. The predicted octanol–water partition coefficient (Wildman–Crippen LogP) is 2.49. The molecule has 6 heteroatoms. The van der Waals surface area contributed by atoms with Gasteiger partial charge in [0.1, 0.15) is 0 Å². The van der Waals surface area contributed by atoms with Gasteiger partial charge in [0.2, 0.25) is 5.91 Å². The Morgan fingerprint density at radius 2 is 2.14 bits per heavy atom. The highest BCUT2D eigenvalue weighted by molar-refractivity contribution is 5.79. The number of carbonyl (C=O) groups is 1. The monoisotopic (exact) mass is 293 g/mol. The average Bonchev–Trinajstić information content (AvgIpc) is 2.50. The summed E-state index contributed by atoms with van der Waals surface area (Å²) in [5.41, 5.74) is 6.44. The van der Waals surface area contributed by atoms with E-state index in [4.69, 9.17) is 5.73 Å². The van der Waals surface area contributed by atoms with Crippen LogP contribution in [0.2, 0.25) is 0 Å². The summed E-state index contributed by atoms with van der Waals surface area (Å²) in [7, 11) is 1.71. The van der Waals surface area contributed by atoms with Crippen LogP contribution in [0.4, 0.5) is 5.69 Å². The van der Waals surface area contributed by atoms with Crippen LogP contribution in [-0.4, -0.2) is 29.3 Å². The molecule has 1 aromatic rings. The summed E-state index contributed by atoms with van der Waals surface area (Å²) >= 11 is 0. The fraction of sp³-hybridized carbons (Fsp3) is 0.533. The summed E-state index contributed by atoms with van der Waals surface area (Å²) < 4.78 is 0. The summed E-state index contributed by atoms with van der Waals surface area (Å²) in [5.74, 6) is -0.209. The van der Waals surface area contributed by atoms with Crippen molar-refractivity contribution in [2.45, 2.75) is 32.7 Å². The maximum absolute atomic E-state index is 12.4. The van der Waals surface area contributed by atoms with Crippen molar-refractivity contribution in [1.82, 2.24) is 4.90 Å². The van der Waals surface area contributed by atoms with Crippen molar-refractivity contribution in [3.05, 3.63) is 39.9 Å². The van der Waals surface area contributed by atoms with E-state index >= 15 is 0 Å². The molecule has 0 saturated heterocycles. The first-order chi connectivity index (χ1) is 9.92. The molecule has 1 amide bonds. The van der Waals surface area contributed by atoms with Crippen molar-refractivity contribution in [2.24, 2.45) is 11.7 Å². The molecule has 6 nitrogen and oxygen atoms in total. The maximum atomic E-state index is 12.4. The normalized spacial score (nSPS) is 13.5. The van der Waals surface area contributed by atoms with Crippen molar-refractivity contribution < 1.29 is 9.72 Å². The molecule has 0 aliphatic rings. The zero-order valence-electron chi connectivity index (χ0n) is 12.8. The zero-order valence-corrected chi connectivity index (χ0v) is 12.8. The minimum atomic E-state index is -0.433. The fourth-order valence-corrected chi connectivity index (χ4v) is 2.29. The Labute approximate surface area is 125 Å². The largest absolute Gasteiger partial charge is 0.339 e. The Morgan fingerprint density at radius 3 is 2.67 bits per heavy atom. The molecule has 2 N–H and O–H groups in total. The molecule has 1 aromatic carbocycles. The van der Waals surface area contributed by atoms with Gasteiger partial charge in [0, 0.05) is 25.7 Å². The van der Waals surface area contributed by atoms with Crippen LogP contribution in [0.1, 0.15) is 38.3 Å². The molecule has 21 heavy (non-hydrogen) atoms. The van der Waals surface area contributed by atoms with Crippen LogP contribution in [0.15, 0.2) is 24.3 Å². The van der Waals surface area contributed by atoms with E-state index in [0.29, 0.717) is 6.54 Å². The van der Waals surface area contributed by atoms with Gasteiger partial charge in [0.15, 0.2) is 0 Å². The standard InChI is InChI=1S/C15H23N3O3/c1-4-6-13(10-16)15(19)17(3)11(2)12-7-5-8-14(9-12)18(20)21/h5,7-9,11,13H,4,6,10,16H2,1-3H3. The molecule has 0 spiro atoms. The summed E-state index contributed by atoms with van der Waals surface area (Å²) in [6.45, 7) is 4.19. The van der Waals surface area contributed by atoms with Gasteiger partial charge >= 0.3 is 0 Å². The molecule has 0 aliphatic carbocycles. The summed E-state index contributed by atoms with van der Waals surface area (Å²) in [6.07, 6.45) is 1.65. The third-order valence-corrected chi connectivity index (χ3v) is 3.76. The molecule has 0 aliphatic heterocycles. The topological polar surface area (TPSA) is 89.5 Å². The van der Waals surface area contributed by atoms with E-state index in [9.17, 15) is 14.9 Å². The smallest absolute Gasteiger partial charge is 0.269 e. The first-order valence-electron chi connectivity index (χ1n) is 7.13. The Bertz CT molecular complexity index is 505. The number of nitro groups is 1. The second kappa shape index (κ2) is 7.73. The molecule has 0 aromatic heterocycles. The highest BCUT2D eigenvalue weighted by Gasteiger charge is 2.24. The number of hydrogen-bond donors (Lipinski definition) is 1. The van der Waals surface area contributed by atoms with Crippen molar-refractivity contribution in [2.75, 3.05) is 13.6 Å². The van der Waals surface area contributed by atoms with E-state index in [1.54, 1.807) is 24.1 Å². The van der Waals surface area contributed by atoms with E-state index in [1.807, 2.05) is 13.8 Å². The van der Waals surface area contributed by atoms with E-state index in [2.05, 4.69) is 0 Å². The van der Waals surface area contributed by atoms with Gasteiger partial charge in [-0.3, -0.25) is 14.9 Å². The Morgan fingerprint density at radius 1 is 1.48 bits per heavy atom. The van der Waals surface area contributed by atoms with Gasteiger partial charge in [-0.15, -0.1) is 0 Å². The third-order valence-electron chi connectivity index (χ3n) is 3.76. The SMILES string of the molecule is CCCC(CN)C(=O)N(C)C(C)c1cccc([N+](=O)[O-])c1. The molecular weight excluding hydrogens is 270 g/mol. The number of nitrogens with zero attached hydrogens (tertiary/aromatic N) is 2. The number of hydrogen-bond acceptors (Lipinski definition) is 4. The first kappa shape index (κ1) is 17.1. The molecule has 0 bridgehead atoms. The van der Waals surface area contributed by atoms with Crippen LogP contribution in [0.5, 0.6) is 0 Å². The minimum Gasteiger partial charge on any atom is -0.339 e. The van der Waals surface area contributed by atoms with Crippen molar-refractivity contribution in [3.63, 3.8) is 0 Å². The van der Waals surface area contributed by atoms with Gasteiger partial charge in [0.05, 0.1) is 16.9 Å². The fourth-order valence-electron chi connectivity index (χ4n) is 2.29. The molecule has 2 unspecified atom stereocenters. The summed E-state index contributed by atoms with van der Waals surface area (Å²) in [4.78, 5) is 24.4. The Kier molecular flexibility index (Phi) is 6.30. The van der Waals surface area contributed by atoms with Crippen molar-refractivity contribution in [3.8, 4) is 0 Å². The van der Waals surface area contributed by atoms with Crippen LogP contribution < -0.4 is 5.73 Å². The lowest BCUT2D eigenvalue weighted by molar-refractivity contribution is -0.384. The highest BCUT2D eigenvalue weighted by atomic mass is 16.6. The average molecular weight is 293 g/mol. The van der Waals surface area contributed by atoms with Crippen molar-refractivity contribution >= 4 is 11.6 Å². The zero-order chi connectivity index (χ0) is 16.0. The maximum Gasteiger partial charge on any atom is 0.269 e. The molecule has 0 fully saturated rings. The first-order valence-corrected chi connectivity index (χ1v) is 7.13. The van der Waals surface area contributed by atoms with E-state index in [1.165, 1.54) is 12.1 Å². The molecule has 0 radical (unpaired) electrons. The van der Waals surface area contributed by atoms with Gasteiger partial charge in [-0.25, -0.2) is 0 Å². The number of carbonyl (C=O) groups excluding carboxylic acids is 1. The van der Waals surface area contributed by atoms with Crippen LogP contribution in [0.25, 0.3) is 0 Å². The Hall–Kier alpha value is -1.95. The number of rotatable bonds is 7. The number of non-ortho nitro benzene ring substituents is 1. The van der Waals surface area contributed by atoms with Crippen LogP contribution in [0.3, 0.4) is 0 Å². The molecular formula is C15H23N3O3. The lowest BCUT2D eigenvalue weighted by atomic mass is 10.00. The van der Waals surface area contributed by atoms with E-state index < -0.39 is 4.92 Å². The van der Waals surface area contributed by atoms with E-state index in [0.717, 1.165) is 18.4 Å². The molecule has 0 heterocycles. The highest BCUT2D eigenvalue weighted by Crippen LogP contribution is 2.24. The van der Waals surface area contributed by atoms with Gasteiger partial charge in [-0.2, -0.15) is 0 Å². The summed E-state index contributed by atoms with van der Waals surface area (Å²) in [5, 5.41) is 10.8. The van der Waals surface area contributed by atoms with Gasteiger partial charge in [0.25, 0.3) is 5.69 Å². The molecule has 2 atom stereocenters. The second-order valence-electron chi connectivity index (χ2n) is 5.20. The third kappa shape index (κ3) is 4.26. The van der Waals surface area contributed by atoms with Gasteiger partial charge in [-0.05, 0) is 18.9 Å².